The van der Waals surface area contributed by atoms with Gasteiger partial charge in [0.15, 0.2) is 0 Å². The molecule has 86 valence electrons. The Labute approximate surface area is 98.3 Å². The van der Waals surface area contributed by atoms with Gasteiger partial charge in [-0.1, -0.05) is 31.2 Å². The van der Waals surface area contributed by atoms with Gasteiger partial charge in [0, 0.05) is 6.04 Å². The fraction of sp³-hybridized carbons (Fsp3) is 0.600. The monoisotopic (exact) mass is 215 g/mol. The second kappa shape index (κ2) is 3.59. The molecule has 0 heterocycles. The van der Waals surface area contributed by atoms with Crippen LogP contribution in [0, 0.1) is 0 Å². The highest BCUT2D eigenvalue weighted by Crippen LogP contribution is 2.48. The van der Waals surface area contributed by atoms with Crippen LogP contribution >= 0.6 is 0 Å². The molecule has 1 heteroatoms. The lowest BCUT2D eigenvalue weighted by molar-refractivity contribution is 0.307. The first kappa shape index (κ1) is 10.3. The van der Waals surface area contributed by atoms with E-state index in [1.807, 2.05) is 0 Å². The van der Waals surface area contributed by atoms with Gasteiger partial charge >= 0.3 is 0 Å². The van der Waals surface area contributed by atoms with Crippen LogP contribution in [-0.4, -0.2) is 13.1 Å². The minimum Gasteiger partial charge on any atom is -0.317 e. The first-order valence-corrected chi connectivity index (χ1v) is 6.49. The molecule has 0 atom stereocenters. The lowest BCUT2D eigenvalue weighted by Gasteiger charge is -2.35. The molecule has 1 nitrogen and oxygen atoms in total. The van der Waals surface area contributed by atoms with Crippen LogP contribution in [0.1, 0.15) is 49.7 Å². The Bertz CT molecular complexity index is 386. The molecule has 0 amide bonds. The third-order valence-electron chi connectivity index (χ3n) is 4.60. The average molecular weight is 215 g/mol. The van der Waals surface area contributed by atoms with Crippen molar-refractivity contribution >= 4 is 0 Å². The van der Waals surface area contributed by atoms with Gasteiger partial charge in [-0.25, -0.2) is 0 Å². The van der Waals surface area contributed by atoms with Crippen molar-refractivity contribution in [2.45, 2.75) is 50.0 Å². The molecule has 0 radical (unpaired) electrons. The predicted molar refractivity (Wildman–Crippen MR) is 67.9 cm³/mol. The highest BCUT2D eigenvalue weighted by Gasteiger charge is 2.39. The first-order valence-electron chi connectivity index (χ1n) is 6.49. The smallest absolute Gasteiger partial charge is 0.00757 e. The molecule has 1 aromatic rings. The summed E-state index contributed by atoms with van der Waals surface area (Å²) < 4.78 is 0. The molecule has 0 unspecified atom stereocenters. The topological polar surface area (TPSA) is 12.0 Å². The lowest BCUT2D eigenvalue weighted by atomic mass is 9.75. The van der Waals surface area contributed by atoms with Crippen molar-refractivity contribution in [2.24, 2.45) is 0 Å². The van der Waals surface area contributed by atoms with E-state index in [2.05, 4.69) is 43.6 Å². The molecule has 2 aliphatic carbocycles. The zero-order chi connectivity index (χ0) is 11.2. The molecule has 0 aliphatic heterocycles. The maximum Gasteiger partial charge on any atom is 0.00757 e. The van der Waals surface area contributed by atoms with Gasteiger partial charge < -0.3 is 5.32 Å². The van der Waals surface area contributed by atoms with E-state index >= 15 is 0 Å². The number of hydrogen-bond donors (Lipinski definition) is 1. The fourth-order valence-corrected chi connectivity index (χ4v) is 2.77. The van der Waals surface area contributed by atoms with E-state index in [0.29, 0.717) is 5.41 Å². The number of rotatable bonds is 3. The predicted octanol–water partition coefficient (Wildman–Crippen LogP) is 3.20. The lowest BCUT2D eigenvalue weighted by Crippen LogP contribution is -2.37. The molecule has 1 aromatic carbocycles. The van der Waals surface area contributed by atoms with Crippen LogP contribution < -0.4 is 5.32 Å². The summed E-state index contributed by atoms with van der Waals surface area (Å²) in [6.45, 7) is 2.39. The van der Waals surface area contributed by atoms with Crippen molar-refractivity contribution in [2.75, 3.05) is 7.05 Å². The van der Waals surface area contributed by atoms with E-state index in [1.54, 1.807) is 11.1 Å². The van der Waals surface area contributed by atoms with Gasteiger partial charge in [0.05, 0.1) is 0 Å². The number of nitrogens with one attached hydrogen (secondary N) is 1. The third kappa shape index (κ3) is 1.67. The van der Waals surface area contributed by atoms with E-state index < -0.39 is 0 Å². The highest BCUT2D eigenvalue weighted by molar-refractivity contribution is 5.36. The van der Waals surface area contributed by atoms with E-state index in [-0.39, 0.29) is 0 Å². The standard InChI is InChI=1S/C15H21N/c1-15(6-7-15)13-5-3-4-11(8-13)12-9-14(10-12)16-2/h3-5,8,12,14,16H,6-7,9-10H2,1-2H3. The van der Waals surface area contributed by atoms with Crippen LogP contribution in [0.4, 0.5) is 0 Å². The zero-order valence-corrected chi connectivity index (χ0v) is 10.3. The van der Waals surface area contributed by atoms with Crippen LogP contribution in [0.15, 0.2) is 24.3 Å². The molecule has 0 spiro atoms. The summed E-state index contributed by atoms with van der Waals surface area (Å²) in [5, 5.41) is 3.36. The number of hydrogen-bond acceptors (Lipinski definition) is 1. The van der Waals surface area contributed by atoms with E-state index in [4.69, 9.17) is 0 Å². The summed E-state index contributed by atoms with van der Waals surface area (Å²) in [6, 6.07) is 10.1. The van der Waals surface area contributed by atoms with Gasteiger partial charge in [-0.05, 0) is 55.2 Å². The van der Waals surface area contributed by atoms with Gasteiger partial charge in [0.25, 0.3) is 0 Å². The summed E-state index contributed by atoms with van der Waals surface area (Å²) in [7, 11) is 2.07. The van der Waals surface area contributed by atoms with Crippen molar-refractivity contribution in [3.63, 3.8) is 0 Å². The molecule has 0 aromatic heterocycles. The Hall–Kier alpha value is -0.820. The molecule has 2 fully saturated rings. The van der Waals surface area contributed by atoms with Crippen molar-refractivity contribution in [1.82, 2.24) is 5.32 Å². The first-order chi connectivity index (χ1) is 7.71. The molecule has 0 saturated heterocycles. The van der Waals surface area contributed by atoms with Crippen LogP contribution in [-0.2, 0) is 5.41 Å². The van der Waals surface area contributed by atoms with Crippen LogP contribution in [0.2, 0.25) is 0 Å². The molecule has 1 N–H and O–H groups in total. The summed E-state index contributed by atoms with van der Waals surface area (Å²) in [6.07, 6.45) is 5.38. The summed E-state index contributed by atoms with van der Waals surface area (Å²) in [5.41, 5.74) is 3.65. The van der Waals surface area contributed by atoms with E-state index in [0.717, 1.165) is 12.0 Å². The fourth-order valence-electron chi connectivity index (χ4n) is 2.77. The molecule has 2 saturated carbocycles. The van der Waals surface area contributed by atoms with E-state index in [9.17, 15) is 0 Å². The Balaban J connectivity index is 1.76. The Morgan fingerprint density at radius 2 is 2.00 bits per heavy atom. The molecule has 0 bridgehead atoms. The van der Waals surface area contributed by atoms with Crippen molar-refractivity contribution < 1.29 is 0 Å². The second-order valence-corrected chi connectivity index (χ2v) is 5.84. The molecular weight excluding hydrogens is 194 g/mol. The Kier molecular flexibility index (Phi) is 2.32. The Morgan fingerprint density at radius 1 is 1.25 bits per heavy atom. The van der Waals surface area contributed by atoms with Gasteiger partial charge in [0.1, 0.15) is 0 Å². The normalized spacial score (nSPS) is 30.9. The maximum atomic E-state index is 3.36. The SMILES string of the molecule is CNC1CC(c2cccc(C3(C)CC3)c2)C1. The van der Waals surface area contributed by atoms with Crippen molar-refractivity contribution in [3.8, 4) is 0 Å². The maximum absolute atomic E-state index is 3.36. The van der Waals surface area contributed by atoms with Gasteiger partial charge in [-0.3, -0.25) is 0 Å². The summed E-state index contributed by atoms with van der Waals surface area (Å²) in [4.78, 5) is 0. The van der Waals surface area contributed by atoms with Crippen molar-refractivity contribution in [3.05, 3.63) is 35.4 Å². The van der Waals surface area contributed by atoms with Crippen LogP contribution in [0.5, 0.6) is 0 Å². The number of benzene rings is 1. The highest BCUT2D eigenvalue weighted by atomic mass is 14.9. The van der Waals surface area contributed by atoms with Gasteiger partial charge in [-0.2, -0.15) is 0 Å². The minimum atomic E-state index is 0.516. The van der Waals surface area contributed by atoms with Crippen LogP contribution in [0.25, 0.3) is 0 Å². The molecular formula is C15H21N. The van der Waals surface area contributed by atoms with Gasteiger partial charge in [-0.15, -0.1) is 0 Å². The summed E-state index contributed by atoms with van der Waals surface area (Å²) in [5.74, 6) is 0.805. The van der Waals surface area contributed by atoms with Crippen molar-refractivity contribution in [1.29, 1.82) is 0 Å². The van der Waals surface area contributed by atoms with Gasteiger partial charge in [0.2, 0.25) is 0 Å². The van der Waals surface area contributed by atoms with E-state index in [1.165, 1.54) is 25.7 Å². The largest absolute Gasteiger partial charge is 0.317 e. The zero-order valence-electron chi connectivity index (χ0n) is 10.3. The molecule has 3 rings (SSSR count). The minimum absolute atomic E-state index is 0.516. The second-order valence-electron chi connectivity index (χ2n) is 5.84. The third-order valence-corrected chi connectivity index (χ3v) is 4.60. The average Bonchev–Trinajstić information content (AvgIpc) is 2.97. The summed E-state index contributed by atoms with van der Waals surface area (Å²) >= 11 is 0. The molecule has 16 heavy (non-hydrogen) atoms. The quantitative estimate of drug-likeness (QED) is 0.816. The molecule has 2 aliphatic rings. The Morgan fingerprint density at radius 3 is 2.62 bits per heavy atom. The van der Waals surface area contributed by atoms with Crippen LogP contribution in [0.3, 0.4) is 0 Å².